The summed E-state index contributed by atoms with van der Waals surface area (Å²) >= 11 is 0. The minimum atomic E-state index is -1.28. The third-order valence-electron chi connectivity index (χ3n) is 3.60. The fraction of sp³-hybridized carbons (Fsp3) is 0.118. The van der Waals surface area contributed by atoms with Crippen molar-refractivity contribution in [2.45, 2.75) is 6.54 Å². The number of H-pyrrole nitrogens is 1. The molecule has 0 unspecified atom stereocenters. The van der Waals surface area contributed by atoms with Crippen LogP contribution in [0, 0.1) is 0 Å². The summed E-state index contributed by atoms with van der Waals surface area (Å²) < 4.78 is 5.21. The maximum absolute atomic E-state index is 11.3. The number of carbonyl (C=O) groups is 2. The number of nitrogens with one attached hydrogen (secondary N) is 2. The van der Waals surface area contributed by atoms with Gasteiger partial charge in [0.05, 0.1) is 11.1 Å². The summed E-state index contributed by atoms with van der Waals surface area (Å²) in [6, 6.07) is 8.62. The molecule has 1 aliphatic heterocycles. The van der Waals surface area contributed by atoms with Crippen molar-refractivity contribution in [3.05, 3.63) is 58.3 Å². The van der Waals surface area contributed by atoms with E-state index in [2.05, 4.69) is 20.3 Å². The molecule has 5 N–H and O–H groups in total. The molecule has 0 spiro atoms. The summed E-state index contributed by atoms with van der Waals surface area (Å²) in [5, 5.41) is 11.6. The van der Waals surface area contributed by atoms with Crippen molar-refractivity contribution in [1.29, 1.82) is 0 Å². The zero-order chi connectivity index (χ0) is 19.4. The normalized spacial score (nSPS) is 11.8. The SMILES string of the molecule is Cl.NCc1ccc2c(c1)OCC(=O)N2.O=C(O)c1nc2ncccc2c(=O)[nH]1. The lowest BCUT2D eigenvalue weighted by atomic mass is 10.2. The van der Waals surface area contributed by atoms with Gasteiger partial charge in [-0.05, 0) is 29.8 Å². The summed E-state index contributed by atoms with van der Waals surface area (Å²) in [4.78, 5) is 42.4. The predicted octanol–water partition coefficient (Wildman–Crippen LogP) is 0.914. The number of carbonyl (C=O) groups excluding carboxylic acids is 1. The molecule has 0 saturated carbocycles. The number of fused-ring (bicyclic) bond motifs is 2. The second-order valence-corrected chi connectivity index (χ2v) is 5.47. The second kappa shape index (κ2) is 8.93. The zero-order valence-corrected chi connectivity index (χ0v) is 15.2. The number of nitrogens with two attached hydrogens (primary N) is 1. The molecule has 2 aromatic heterocycles. The van der Waals surface area contributed by atoms with E-state index < -0.39 is 17.4 Å². The molecule has 0 fully saturated rings. The van der Waals surface area contributed by atoms with Crippen molar-refractivity contribution in [1.82, 2.24) is 15.0 Å². The number of benzene rings is 1. The topological polar surface area (TPSA) is 160 Å². The van der Waals surface area contributed by atoms with E-state index in [0.717, 1.165) is 5.56 Å². The van der Waals surface area contributed by atoms with Crippen LogP contribution in [0.4, 0.5) is 5.69 Å². The molecule has 4 rings (SSSR count). The highest BCUT2D eigenvalue weighted by Crippen LogP contribution is 2.28. The molecule has 0 saturated heterocycles. The van der Waals surface area contributed by atoms with Gasteiger partial charge in [0.25, 0.3) is 11.5 Å². The third kappa shape index (κ3) is 4.61. The first-order valence-electron chi connectivity index (χ1n) is 7.82. The van der Waals surface area contributed by atoms with Crippen molar-refractivity contribution in [2.75, 3.05) is 11.9 Å². The average molecular weight is 406 g/mol. The van der Waals surface area contributed by atoms with Crippen LogP contribution in [0.25, 0.3) is 11.0 Å². The highest BCUT2D eigenvalue weighted by atomic mass is 35.5. The number of halogens is 1. The highest BCUT2D eigenvalue weighted by Gasteiger charge is 2.15. The first-order chi connectivity index (χ1) is 13.0. The van der Waals surface area contributed by atoms with E-state index in [1.54, 1.807) is 12.1 Å². The molecule has 146 valence electrons. The molecule has 11 heteroatoms. The molecular weight excluding hydrogens is 390 g/mol. The summed E-state index contributed by atoms with van der Waals surface area (Å²) in [7, 11) is 0. The number of carboxylic acid groups (broad SMARTS) is 1. The summed E-state index contributed by atoms with van der Waals surface area (Å²) in [6.45, 7) is 0.561. The van der Waals surface area contributed by atoms with Crippen LogP contribution in [-0.4, -0.2) is 38.5 Å². The first-order valence-corrected chi connectivity index (χ1v) is 7.82. The van der Waals surface area contributed by atoms with Gasteiger partial charge in [-0.25, -0.2) is 14.8 Å². The molecule has 10 nitrogen and oxygen atoms in total. The summed E-state index contributed by atoms with van der Waals surface area (Å²) in [5.74, 6) is -1.11. The maximum atomic E-state index is 11.3. The van der Waals surface area contributed by atoms with Crippen LogP contribution in [0.3, 0.4) is 0 Å². The van der Waals surface area contributed by atoms with Gasteiger partial charge in [0, 0.05) is 12.7 Å². The maximum Gasteiger partial charge on any atom is 0.372 e. The molecule has 1 aromatic carbocycles. The number of pyridine rings is 1. The number of aromatic nitrogens is 3. The molecule has 3 aromatic rings. The van der Waals surface area contributed by atoms with Crippen LogP contribution in [-0.2, 0) is 11.3 Å². The lowest BCUT2D eigenvalue weighted by Gasteiger charge is -2.18. The van der Waals surface area contributed by atoms with Crippen LogP contribution < -0.4 is 21.3 Å². The quantitative estimate of drug-likeness (QED) is 0.489. The number of aromatic amines is 1. The Morgan fingerprint density at radius 1 is 1.29 bits per heavy atom. The van der Waals surface area contributed by atoms with Crippen LogP contribution in [0.2, 0.25) is 0 Å². The van der Waals surface area contributed by atoms with Crippen molar-refractivity contribution < 1.29 is 19.4 Å². The van der Waals surface area contributed by atoms with Gasteiger partial charge < -0.3 is 25.9 Å². The Bertz CT molecular complexity index is 1080. The van der Waals surface area contributed by atoms with E-state index in [-0.39, 0.29) is 36.0 Å². The van der Waals surface area contributed by atoms with E-state index in [9.17, 15) is 14.4 Å². The van der Waals surface area contributed by atoms with Crippen molar-refractivity contribution >= 4 is 41.0 Å². The van der Waals surface area contributed by atoms with Gasteiger partial charge in [-0.1, -0.05) is 6.07 Å². The number of nitrogens with zero attached hydrogens (tertiary/aromatic N) is 2. The van der Waals surface area contributed by atoms with Gasteiger partial charge in [0.15, 0.2) is 12.3 Å². The Morgan fingerprint density at radius 3 is 2.79 bits per heavy atom. The lowest BCUT2D eigenvalue weighted by Crippen LogP contribution is -2.25. The number of ether oxygens (including phenoxy) is 1. The molecule has 0 aliphatic carbocycles. The smallest absolute Gasteiger partial charge is 0.372 e. The van der Waals surface area contributed by atoms with Crippen LogP contribution >= 0.6 is 12.4 Å². The van der Waals surface area contributed by atoms with Crippen molar-refractivity contribution in [3.8, 4) is 5.75 Å². The van der Waals surface area contributed by atoms with Crippen molar-refractivity contribution in [3.63, 3.8) is 0 Å². The molecule has 0 radical (unpaired) electrons. The Morgan fingerprint density at radius 2 is 2.07 bits per heavy atom. The average Bonchev–Trinajstić information content (AvgIpc) is 2.68. The standard InChI is InChI=1S/C9H10N2O2.C8H5N3O3.ClH/c10-4-6-1-2-7-8(3-6)13-5-9(12)11-7;12-7-4-2-1-3-9-5(4)10-6(11-7)8(13)14;/h1-3H,4-5,10H2,(H,11,12);1-3H,(H,13,14)(H,9,10,11,12);1H. The summed E-state index contributed by atoms with van der Waals surface area (Å²) in [5.41, 5.74) is 6.81. The number of aromatic carboxylic acids is 1. The Balaban J connectivity index is 0.000000194. The minimum absolute atomic E-state index is 0. The second-order valence-electron chi connectivity index (χ2n) is 5.47. The Kier molecular flexibility index (Phi) is 6.64. The Hall–Kier alpha value is -3.50. The number of hydrogen-bond donors (Lipinski definition) is 4. The van der Waals surface area contributed by atoms with E-state index in [1.807, 2.05) is 12.1 Å². The number of anilines is 1. The number of amides is 1. The number of hydrogen-bond acceptors (Lipinski definition) is 7. The van der Waals surface area contributed by atoms with Gasteiger partial charge in [0.2, 0.25) is 5.82 Å². The van der Waals surface area contributed by atoms with Crippen LogP contribution in [0.1, 0.15) is 16.2 Å². The summed E-state index contributed by atoms with van der Waals surface area (Å²) in [6.07, 6.45) is 1.44. The predicted molar refractivity (Wildman–Crippen MR) is 103 cm³/mol. The van der Waals surface area contributed by atoms with E-state index in [1.165, 1.54) is 12.3 Å². The van der Waals surface area contributed by atoms with E-state index >= 15 is 0 Å². The molecule has 1 aliphatic rings. The van der Waals surface area contributed by atoms with E-state index in [0.29, 0.717) is 18.0 Å². The monoisotopic (exact) mass is 405 g/mol. The fourth-order valence-electron chi connectivity index (χ4n) is 2.32. The van der Waals surface area contributed by atoms with Crippen LogP contribution in [0.15, 0.2) is 41.3 Å². The molecule has 28 heavy (non-hydrogen) atoms. The minimum Gasteiger partial charge on any atom is -0.482 e. The lowest BCUT2D eigenvalue weighted by molar-refractivity contribution is -0.118. The first kappa shape index (κ1) is 20.8. The molecule has 3 heterocycles. The Labute approximate surface area is 164 Å². The van der Waals surface area contributed by atoms with Gasteiger partial charge in [0.1, 0.15) is 5.75 Å². The highest BCUT2D eigenvalue weighted by molar-refractivity contribution is 5.95. The number of rotatable bonds is 2. The van der Waals surface area contributed by atoms with E-state index in [4.69, 9.17) is 15.6 Å². The fourth-order valence-corrected chi connectivity index (χ4v) is 2.32. The molecule has 0 atom stereocenters. The van der Waals surface area contributed by atoms with Gasteiger partial charge in [-0.2, -0.15) is 0 Å². The molecule has 0 bridgehead atoms. The zero-order valence-electron chi connectivity index (χ0n) is 14.3. The van der Waals surface area contributed by atoms with Crippen LogP contribution in [0.5, 0.6) is 5.75 Å². The largest absolute Gasteiger partial charge is 0.482 e. The number of carboxylic acids is 1. The van der Waals surface area contributed by atoms with Gasteiger partial charge >= 0.3 is 5.97 Å². The molecule has 1 amide bonds. The van der Waals surface area contributed by atoms with Gasteiger partial charge in [-0.3, -0.25) is 9.59 Å². The third-order valence-corrected chi connectivity index (χ3v) is 3.60. The van der Waals surface area contributed by atoms with Gasteiger partial charge in [-0.15, -0.1) is 12.4 Å². The molecular formula is C17H16ClN5O5. The van der Waals surface area contributed by atoms with Crippen molar-refractivity contribution in [2.24, 2.45) is 5.73 Å².